The number of amidine groups is 1. The van der Waals surface area contributed by atoms with E-state index in [0.717, 1.165) is 40.2 Å². The van der Waals surface area contributed by atoms with Crippen molar-refractivity contribution >= 4 is 11.8 Å². The molecule has 1 heterocycles. The monoisotopic (exact) mass is 452 g/mol. The third-order valence-electron chi connectivity index (χ3n) is 6.04. The Morgan fingerprint density at radius 1 is 0.971 bits per heavy atom. The van der Waals surface area contributed by atoms with Gasteiger partial charge in [-0.2, -0.15) is 0 Å². The number of nitrogens with one attached hydrogen (secondary N) is 1. The van der Waals surface area contributed by atoms with E-state index in [2.05, 4.69) is 0 Å². The first kappa shape index (κ1) is 23.0. The Morgan fingerprint density at radius 2 is 1.62 bits per heavy atom. The van der Waals surface area contributed by atoms with Crippen LogP contribution in [-0.2, 0) is 24.7 Å². The number of carboxylic acids is 1. The molecule has 4 rings (SSSR count). The Kier molecular flexibility index (Phi) is 6.87. The van der Waals surface area contributed by atoms with Crippen LogP contribution in [0.4, 0.5) is 0 Å². The first-order valence-electron chi connectivity index (χ1n) is 11.2. The zero-order chi connectivity index (χ0) is 24.1. The molecule has 4 N–H and O–H groups in total. The number of aryl methyl sites for hydroxylation is 2. The summed E-state index contributed by atoms with van der Waals surface area (Å²) in [5, 5.41) is 17.2. The molecule has 34 heavy (non-hydrogen) atoms. The van der Waals surface area contributed by atoms with Crippen molar-refractivity contribution in [1.29, 1.82) is 5.41 Å². The number of nitrogen functional groups attached to an aromatic ring is 1. The van der Waals surface area contributed by atoms with E-state index in [1.807, 2.05) is 96.7 Å². The molecule has 0 aliphatic rings. The van der Waals surface area contributed by atoms with Gasteiger partial charge in [0.05, 0.1) is 11.6 Å². The summed E-state index contributed by atoms with van der Waals surface area (Å²) < 4.78 is 1.98. The quantitative estimate of drug-likeness (QED) is 0.248. The van der Waals surface area contributed by atoms with Crippen molar-refractivity contribution in [3.8, 4) is 22.6 Å². The Labute approximate surface area is 199 Å². The van der Waals surface area contributed by atoms with Crippen LogP contribution in [0, 0.1) is 11.3 Å². The van der Waals surface area contributed by atoms with Crippen molar-refractivity contribution in [2.45, 2.75) is 19.3 Å². The van der Waals surface area contributed by atoms with Crippen molar-refractivity contribution in [3.63, 3.8) is 0 Å². The van der Waals surface area contributed by atoms with E-state index in [1.54, 1.807) is 0 Å². The maximum atomic E-state index is 11.8. The van der Waals surface area contributed by atoms with Crippen LogP contribution in [0.15, 0.2) is 85.1 Å². The van der Waals surface area contributed by atoms with Gasteiger partial charge in [-0.15, -0.1) is 0 Å². The molecule has 0 amide bonds. The van der Waals surface area contributed by atoms with Crippen LogP contribution in [0.25, 0.3) is 22.6 Å². The number of hydrogen-bond donors (Lipinski definition) is 3. The van der Waals surface area contributed by atoms with Gasteiger partial charge in [-0.25, -0.2) is 4.98 Å². The maximum Gasteiger partial charge on any atom is 0.306 e. The second kappa shape index (κ2) is 10.2. The Balaban J connectivity index is 1.46. The largest absolute Gasteiger partial charge is 0.481 e. The summed E-state index contributed by atoms with van der Waals surface area (Å²) in [7, 11) is 1.95. The number of nitrogens with zero attached hydrogens (tertiary/aromatic N) is 2. The lowest BCUT2D eigenvalue weighted by Crippen LogP contribution is -2.17. The van der Waals surface area contributed by atoms with Gasteiger partial charge in [0.2, 0.25) is 0 Å². The molecule has 1 aromatic heterocycles. The number of imidazole rings is 1. The summed E-state index contributed by atoms with van der Waals surface area (Å²) in [6.45, 7) is 0. The van der Waals surface area contributed by atoms with Gasteiger partial charge in [0.1, 0.15) is 11.7 Å². The summed E-state index contributed by atoms with van der Waals surface area (Å²) in [5.74, 6) is -0.317. The smallest absolute Gasteiger partial charge is 0.306 e. The van der Waals surface area contributed by atoms with E-state index in [0.29, 0.717) is 18.4 Å². The minimum Gasteiger partial charge on any atom is -0.481 e. The minimum absolute atomic E-state index is 0.0403. The molecule has 4 aromatic rings. The fraction of sp³-hybridized carbons (Fsp3) is 0.179. The number of nitrogens with two attached hydrogens (primary N) is 1. The lowest BCUT2D eigenvalue weighted by molar-refractivity contribution is -0.141. The minimum atomic E-state index is -0.760. The highest BCUT2D eigenvalue weighted by atomic mass is 16.4. The molecule has 0 bridgehead atoms. The highest BCUT2D eigenvalue weighted by Crippen LogP contribution is 2.26. The van der Waals surface area contributed by atoms with Crippen LogP contribution in [-0.4, -0.2) is 26.5 Å². The summed E-state index contributed by atoms with van der Waals surface area (Å²) in [5.41, 5.74) is 11.1. The standard InChI is InChI=1S/C28H28N4O2/c1-32-18-25(21-13-15-22(16-14-21)26(29)30)31-27(32)23-10-8-20(9-11-23)17-24(28(33)34)12-7-19-5-3-2-4-6-19/h2-6,8-11,13-16,18,24H,7,12,17H2,1H3,(H3,29,30)(H,33,34). The maximum absolute atomic E-state index is 11.8. The number of carboxylic acid groups (broad SMARTS) is 1. The Bertz CT molecular complexity index is 1280. The Hall–Kier alpha value is -4.19. The van der Waals surface area contributed by atoms with Gasteiger partial charge >= 0.3 is 5.97 Å². The predicted octanol–water partition coefficient (Wildman–Crippen LogP) is 4.91. The number of aromatic nitrogens is 2. The van der Waals surface area contributed by atoms with Crippen molar-refractivity contribution in [2.75, 3.05) is 0 Å². The van der Waals surface area contributed by atoms with E-state index in [-0.39, 0.29) is 5.84 Å². The summed E-state index contributed by atoms with van der Waals surface area (Å²) in [6.07, 6.45) is 3.82. The summed E-state index contributed by atoms with van der Waals surface area (Å²) >= 11 is 0. The van der Waals surface area contributed by atoms with E-state index in [4.69, 9.17) is 16.1 Å². The zero-order valence-corrected chi connectivity index (χ0v) is 19.1. The van der Waals surface area contributed by atoms with Gasteiger partial charge in [0, 0.05) is 29.9 Å². The molecule has 0 radical (unpaired) electrons. The fourth-order valence-corrected chi connectivity index (χ4v) is 4.07. The molecule has 6 heteroatoms. The normalized spacial score (nSPS) is 11.8. The third kappa shape index (κ3) is 5.41. The molecule has 172 valence electrons. The topological polar surface area (TPSA) is 105 Å². The van der Waals surface area contributed by atoms with Crippen LogP contribution < -0.4 is 5.73 Å². The van der Waals surface area contributed by atoms with E-state index < -0.39 is 11.9 Å². The first-order chi connectivity index (χ1) is 16.4. The van der Waals surface area contributed by atoms with Gasteiger partial charge in [0.25, 0.3) is 0 Å². The van der Waals surface area contributed by atoms with Gasteiger partial charge < -0.3 is 15.4 Å². The average Bonchev–Trinajstić information content (AvgIpc) is 3.24. The van der Waals surface area contributed by atoms with Crippen LogP contribution in [0.5, 0.6) is 0 Å². The highest BCUT2D eigenvalue weighted by Gasteiger charge is 2.18. The first-order valence-corrected chi connectivity index (χ1v) is 11.2. The predicted molar refractivity (Wildman–Crippen MR) is 135 cm³/mol. The van der Waals surface area contributed by atoms with Crippen molar-refractivity contribution in [1.82, 2.24) is 9.55 Å². The second-order valence-corrected chi connectivity index (χ2v) is 8.51. The summed E-state index contributed by atoms with van der Waals surface area (Å²) in [6, 6.07) is 25.4. The van der Waals surface area contributed by atoms with Crippen molar-refractivity contribution in [2.24, 2.45) is 18.7 Å². The second-order valence-electron chi connectivity index (χ2n) is 8.51. The Morgan fingerprint density at radius 3 is 2.24 bits per heavy atom. The average molecular weight is 453 g/mol. The van der Waals surface area contributed by atoms with Crippen LogP contribution >= 0.6 is 0 Å². The highest BCUT2D eigenvalue weighted by molar-refractivity contribution is 5.95. The number of benzene rings is 3. The molecule has 0 aliphatic carbocycles. The third-order valence-corrected chi connectivity index (χ3v) is 6.04. The molecule has 0 saturated carbocycles. The molecule has 3 aromatic carbocycles. The van der Waals surface area contributed by atoms with Gasteiger partial charge in [0.15, 0.2) is 0 Å². The summed E-state index contributed by atoms with van der Waals surface area (Å²) in [4.78, 5) is 16.6. The number of rotatable bonds is 9. The molecule has 1 unspecified atom stereocenters. The molecular weight excluding hydrogens is 424 g/mol. The fourth-order valence-electron chi connectivity index (χ4n) is 4.07. The van der Waals surface area contributed by atoms with Crippen LogP contribution in [0.3, 0.4) is 0 Å². The molecular formula is C28H28N4O2. The number of carbonyl (C=O) groups is 1. The van der Waals surface area contributed by atoms with Gasteiger partial charge in [-0.3, -0.25) is 10.2 Å². The molecule has 0 spiro atoms. The van der Waals surface area contributed by atoms with Crippen molar-refractivity contribution in [3.05, 3.63) is 102 Å². The van der Waals surface area contributed by atoms with Crippen molar-refractivity contribution < 1.29 is 9.90 Å². The van der Waals surface area contributed by atoms with Crippen LogP contribution in [0.1, 0.15) is 23.1 Å². The SMILES string of the molecule is Cn1cc(-c2ccc(C(=N)N)cc2)nc1-c1ccc(CC(CCc2ccccc2)C(=O)O)cc1. The zero-order valence-electron chi connectivity index (χ0n) is 19.1. The molecule has 0 saturated heterocycles. The molecule has 0 aliphatic heterocycles. The lowest BCUT2D eigenvalue weighted by atomic mass is 9.92. The lowest BCUT2D eigenvalue weighted by Gasteiger charge is -2.13. The molecule has 1 atom stereocenters. The van der Waals surface area contributed by atoms with E-state index in [1.165, 1.54) is 0 Å². The molecule has 6 nitrogen and oxygen atoms in total. The van der Waals surface area contributed by atoms with E-state index in [9.17, 15) is 9.90 Å². The number of hydrogen-bond acceptors (Lipinski definition) is 3. The molecule has 0 fully saturated rings. The van der Waals surface area contributed by atoms with Gasteiger partial charge in [-0.1, -0.05) is 78.9 Å². The van der Waals surface area contributed by atoms with Gasteiger partial charge in [-0.05, 0) is 30.4 Å². The van der Waals surface area contributed by atoms with E-state index >= 15 is 0 Å². The van der Waals surface area contributed by atoms with Crippen LogP contribution in [0.2, 0.25) is 0 Å². The number of aliphatic carboxylic acids is 1.